The topological polar surface area (TPSA) is 72.7 Å². The summed E-state index contributed by atoms with van der Waals surface area (Å²) >= 11 is 0. The number of rotatable bonds is 1. The van der Waals surface area contributed by atoms with Gasteiger partial charge in [-0.15, -0.1) is 0 Å². The minimum absolute atomic E-state index is 0.00750. The van der Waals surface area contributed by atoms with Crippen molar-refractivity contribution in [1.29, 1.82) is 0 Å². The molecule has 14 heavy (non-hydrogen) atoms. The van der Waals surface area contributed by atoms with Crippen LogP contribution in [0.25, 0.3) is 5.69 Å². The van der Waals surface area contributed by atoms with Crippen LogP contribution in [0.1, 0.15) is 0 Å². The van der Waals surface area contributed by atoms with Gasteiger partial charge in [-0.1, -0.05) is 6.07 Å². The molecule has 0 spiro atoms. The average Bonchev–Trinajstić information content (AvgIpc) is 2.19. The standard InChI is InChI=1S/C9H7N3O2/c13-8-7(9(14)11-6-10-8)12-4-2-1-3-5-12/h1-6H,(H-,10,11,13,14). The summed E-state index contributed by atoms with van der Waals surface area (Å²) in [7, 11) is 0. The second-order valence-corrected chi connectivity index (χ2v) is 2.67. The van der Waals surface area contributed by atoms with Crippen molar-refractivity contribution >= 4 is 0 Å². The monoisotopic (exact) mass is 189 g/mol. The summed E-state index contributed by atoms with van der Waals surface area (Å²) in [6.45, 7) is 0. The molecule has 5 nitrogen and oxygen atoms in total. The van der Waals surface area contributed by atoms with Crippen molar-refractivity contribution in [2.75, 3.05) is 0 Å². The van der Waals surface area contributed by atoms with E-state index in [2.05, 4.69) is 9.97 Å². The molecule has 1 N–H and O–H groups in total. The van der Waals surface area contributed by atoms with Gasteiger partial charge in [-0.05, 0) is 0 Å². The SMILES string of the molecule is O=c1[nH]cnc([O-])c1-[n+]1ccccc1. The molecule has 0 aliphatic rings. The lowest BCUT2D eigenvalue weighted by atomic mass is 10.4. The molecule has 2 aromatic rings. The van der Waals surface area contributed by atoms with Gasteiger partial charge in [0.05, 0.1) is 12.2 Å². The second-order valence-electron chi connectivity index (χ2n) is 2.67. The number of pyridine rings is 1. The molecule has 0 fully saturated rings. The zero-order valence-corrected chi connectivity index (χ0v) is 7.18. The molecule has 0 atom stereocenters. The molecule has 70 valence electrons. The molecular formula is C9H7N3O2. The summed E-state index contributed by atoms with van der Waals surface area (Å²) in [4.78, 5) is 17.2. The number of H-pyrrole nitrogens is 1. The summed E-state index contributed by atoms with van der Waals surface area (Å²) in [5, 5.41) is 11.3. The zero-order valence-electron chi connectivity index (χ0n) is 7.18. The lowest BCUT2D eigenvalue weighted by molar-refractivity contribution is -0.601. The highest BCUT2D eigenvalue weighted by atomic mass is 16.3. The minimum atomic E-state index is -0.537. The van der Waals surface area contributed by atoms with E-state index in [0.29, 0.717) is 0 Å². The summed E-state index contributed by atoms with van der Waals surface area (Å²) in [6.07, 6.45) is 4.33. The molecule has 2 heterocycles. The van der Waals surface area contributed by atoms with Crippen molar-refractivity contribution in [1.82, 2.24) is 9.97 Å². The lowest BCUT2D eigenvalue weighted by Crippen LogP contribution is -2.38. The van der Waals surface area contributed by atoms with Crippen molar-refractivity contribution in [3.63, 3.8) is 0 Å². The average molecular weight is 189 g/mol. The first-order valence-corrected chi connectivity index (χ1v) is 4.00. The highest BCUT2D eigenvalue weighted by Crippen LogP contribution is 2.00. The van der Waals surface area contributed by atoms with Crippen LogP contribution in [0.15, 0.2) is 41.7 Å². The largest absolute Gasteiger partial charge is 0.854 e. The summed E-state index contributed by atoms with van der Waals surface area (Å²) in [5.41, 5.74) is -0.436. The van der Waals surface area contributed by atoms with Crippen LogP contribution in [0.4, 0.5) is 0 Å². The van der Waals surface area contributed by atoms with E-state index < -0.39 is 11.4 Å². The summed E-state index contributed by atoms with van der Waals surface area (Å²) in [6, 6.07) is 5.25. The number of nitrogens with zero attached hydrogens (tertiary/aromatic N) is 2. The first kappa shape index (κ1) is 8.43. The van der Waals surface area contributed by atoms with E-state index in [4.69, 9.17) is 0 Å². The van der Waals surface area contributed by atoms with Gasteiger partial charge >= 0.3 is 5.56 Å². The Morgan fingerprint density at radius 3 is 2.64 bits per heavy atom. The van der Waals surface area contributed by atoms with Crippen LogP contribution in [0.3, 0.4) is 0 Å². The molecule has 0 bridgehead atoms. The molecule has 2 aromatic heterocycles. The van der Waals surface area contributed by atoms with Crippen molar-refractivity contribution in [2.24, 2.45) is 0 Å². The van der Waals surface area contributed by atoms with E-state index in [1.807, 2.05) is 0 Å². The highest BCUT2D eigenvalue weighted by Gasteiger charge is 2.11. The molecule has 0 aliphatic heterocycles. The Labute approximate surface area is 79.3 Å². The van der Waals surface area contributed by atoms with E-state index in [-0.39, 0.29) is 5.69 Å². The van der Waals surface area contributed by atoms with Gasteiger partial charge in [-0.25, -0.2) is 4.98 Å². The van der Waals surface area contributed by atoms with Gasteiger partial charge in [-0.3, -0.25) is 4.79 Å². The third kappa shape index (κ3) is 1.35. The van der Waals surface area contributed by atoms with Gasteiger partial charge in [0.15, 0.2) is 12.4 Å². The van der Waals surface area contributed by atoms with Crippen molar-refractivity contribution in [3.8, 4) is 11.6 Å². The van der Waals surface area contributed by atoms with E-state index in [0.717, 1.165) is 6.33 Å². The van der Waals surface area contributed by atoms with E-state index >= 15 is 0 Å². The van der Waals surface area contributed by atoms with Gasteiger partial charge in [0.25, 0.3) is 5.69 Å². The second kappa shape index (κ2) is 3.29. The van der Waals surface area contributed by atoms with Crippen LogP contribution in [0, 0.1) is 0 Å². The van der Waals surface area contributed by atoms with E-state index in [1.54, 1.807) is 30.6 Å². The Kier molecular flexibility index (Phi) is 1.98. The summed E-state index contributed by atoms with van der Waals surface area (Å²) < 4.78 is 1.44. The molecule has 0 saturated carbocycles. The minimum Gasteiger partial charge on any atom is -0.854 e. The number of hydrogen-bond donors (Lipinski definition) is 1. The lowest BCUT2D eigenvalue weighted by Gasteiger charge is -2.03. The number of aromatic nitrogens is 3. The maximum atomic E-state index is 11.3. The Morgan fingerprint density at radius 1 is 1.29 bits per heavy atom. The molecular weight excluding hydrogens is 182 g/mol. The Bertz CT molecular complexity index is 493. The van der Waals surface area contributed by atoms with Crippen molar-refractivity contribution in [3.05, 3.63) is 47.3 Å². The van der Waals surface area contributed by atoms with Crippen LogP contribution in [-0.4, -0.2) is 9.97 Å². The van der Waals surface area contributed by atoms with Crippen LogP contribution < -0.4 is 15.2 Å². The van der Waals surface area contributed by atoms with Gasteiger partial charge in [-0.2, -0.15) is 4.57 Å². The first-order valence-electron chi connectivity index (χ1n) is 4.00. The quantitative estimate of drug-likeness (QED) is 0.592. The molecule has 5 heteroatoms. The Hall–Kier alpha value is -2.17. The third-order valence-corrected chi connectivity index (χ3v) is 1.77. The van der Waals surface area contributed by atoms with Crippen LogP contribution in [-0.2, 0) is 0 Å². The van der Waals surface area contributed by atoms with Crippen molar-refractivity contribution in [2.45, 2.75) is 0 Å². The molecule has 0 saturated heterocycles. The maximum absolute atomic E-state index is 11.3. The first-order chi connectivity index (χ1) is 6.79. The number of aromatic amines is 1. The molecule has 2 rings (SSSR count). The normalized spacial score (nSPS) is 10.0. The van der Waals surface area contributed by atoms with E-state index in [1.165, 1.54) is 4.57 Å². The van der Waals surface area contributed by atoms with Gasteiger partial charge in [0.1, 0.15) is 0 Å². The Morgan fingerprint density at radius 2 is 2.00 bits per heavy atom. The predicted octanol–water partition coefficient (Wildman–Crippen LogP) is -0.880. The van der Waals surface area contributed by atoms with Gasteiger partial charge < -0.3 is 10.1 Å². The molecule has 0 amide bonds. The maximum Gasteiger partial charge on any atom is 0.322 e. The zero-order chi connectivity index (χ0) is 9.97. The van der Waals surface area contributed by atoms with Gasteiger partial charge in [0.2, 0.25) is 0 Å². The molecule has 0 aliphatic carbocycles. The number of nitrogens with one attached hydrogen (secondary N) is 1. The Balaban J connectivity index is 2.69. The fourth-order valence-corrected chi connectivity index (χ4v) is 1.15. The molecule has 0 radical (unpaired) electrons. The van der Waals surface area contributed by atoms with Crippen molar-refractivity contribution < 1.29 is 9.67 Å². The smallest absolute Gasteiger partial charge is 0.322 e. The highest BCUT2D eigenvalue weighted by molar-refractivity contribution is 5.27. The molecule has 0 unspecified atom stereocenters. The van der Waals surface area contributed by atoms with Crippen LogP contribution in [0.2, 0.25) is 0 Å². The number of hydrogen-bond acceptors (Lipinski definition) is 3. The third-order valence-electron chi connectivity index (χ3n) is 1.77. The summed E-state index contributed by atoms with van der Waals surface area (Å²) in [5.74, 6) is -0.537. The van der Waals surface area contributed by atoms with Gasteiger partial charge in [0, 0.05) is 12.1 Å². The van der Waals surface area contributed by atoms with Crippen LogP contribution in [0.5, 0.6) is 5.88 Å². The predicted molar refractivity (Wildman–Crippen MR) is 45.8 cm³/mol. The van der Waals surface area contributed by atoms with Crippen LogP contribution >= 0.6 is 0 Å². The molecule has 0 aromatic carbocycles. The fourth-order valence-electron chi connectivity index (χ4n) is 1.15. The fraction of sp³-hybridized carbons (Fsp3) is 0. The van der Waals surface area contributed by atoms with E-state index in [9.17, 15) is 9.90 Å².